The molecule has 4 heteroatoms. The van der Waals surface area contributed by atoms with Gasteiger partial charge in [-0.1, -0.05) is 26.1 Å². The van der Waals surface area contributed by atoms with E-state index in [1.54, 1.807) is 0 Å². The molecule has 0 radical (unpaired) electrons. The lowest BCUT2D eigenvalue weighted by molar-refractivity contribution is 0.254. The molecule has 3 N–H and O–H groups in total. The molecule has 0 unspecified atom stereocenters. The molecule has 0 aliphatic carbocycles. The summed E-state index contributed by atoms with van der Waals surface area (Å²) < 4.78 is 0. The number of hydrogen-bond acceptors (Lipinski definition) is 3. The molecule has 0 fully saturated rings. The maximum absolute atomic E-state index is 5.57. The van der Waals surface area contributed by atoms with Gasteiger partial charge in [-0.3, -0.25) is 0 Å². The Labute approximate surface area is 115 Å². The fourth-order valence-electron chi connectivity index (χ4n) is 2.01. The third kappa shape index (κ3) is 5.02. The van der Waals surface area contributed by atoms with Gasteiger partial charge in [0, 0.05) is 24.3 Å². The summed E-state index contributed by atoms with van der Waals surface area (Å²) in [6.07, 6.45) is 0. The topological polar surface area (TPSA) is 41.3 Å². The number of thiocarbonyl (C=S) groups is 1. The van der Waals surface area contributed by atoms with Crippen molar-refractivity contribution < 1.29 is 0 Å². The predicted molar refractivity (Wildman–Crippen MR) is 83.2 cm³/mol. The molecule has 0 spiro atoms. The van der Waals surface area contributed by atoms with E-state index in [-0.39, 0.29) is 5.41 Å². The van der Waals surface area contributed by atoms with Crippen LogP contribution in [-0.2, 0) is 0 Å². The summed E-state index contributed by atoms with van der Waals surface area (Å²) in [5.74, 6) is 0. The number of nitrogens with two attached hydrogens (primary N) is 1. The maximum atomic E-state index is 5.57. The van der Waals surface area contributed by atoms with Crippen LogP contribution in [0, 0.1) is 5.41 Å². The summed E-state index contributed by atoms with van der Waals surface area (Å²) in [6.45, 7) is 6.48. The minimum atomic E-state index is 0.228. The highest BCUT2D eigenvalue weighted by atomic mass is 32.1. The third-order valence-electron chi connectivity index (χ3n) is 2.68. The van der Waals surface area contributed by atoms with Crippen LogP contribution in [-0.4, -0.2) is 37.1 Å². The van der Waals surface area contributed by atoms with Gasteiger partial charge in [-0.2, -0.15) is 0 Å². The highest BCUT2D eigenvalue weighted by Gasteiger charge is 2.18. The molecule has 3 nitrogen and oxygen atoms in total. The smallest absolute Gasteiger partial charge is 0.103 e. The van der Waals surface area contributed by atoms with Crippen molar-refractivity contribution in [1.82, 2.24) is 4.90 Å². The van der Waals surface area contributed by atoms with Gasteiger partial charge in [-0.05, 0) is 43.8 Å². The van der Waals surface area contributed by atoms with Gasteiger partial charge in [0.05, 0.1) is 0 Å². The van der Waals surface area contributed by atoms with Crippen molar-refractivity contribution in [1.29, 1.82) is 0 Å². The third-order valence-corrected chi connectivity index (χ3v) is 2.92. The van der Waals surface area contributed by atoms with Gasteiger partial charge >= 0.3 is 0 Å². The molecule has 18 heavy (non-hydrogen) atoms. The fourth-order valence-corrected chi connectivity index (χ4v) is 2.14. The number of nitrogens with zero attached hydrogens (tertiary/aromatic N) is 1. The van der Waals surface area contributed by atoms with E-state index in [1.165, 1.54) is 0 Å². The Kier molecular flexibility index (Phi) is 5.11. The van der Waals surface area contributed by atoms with Crippen molar-refractivity contribution in [3.63, 3.8) is 0 Å². The van der Waals surface area contributed by atoms with Gasteiger partial charge in [0.15, 0.2) is 0 Å². The summed E-state index contributed by atoms with van der Waals surface area (Å²) in [5, 5.41) is 3.45. The van der Waals surface area contributed by atoms with Gasteiger partial charge in [0.2, 0.25) is 0 Å². The summed E-state index contributed by atoms with van der Waals surface area (Å²) in [4.78, 5) is 2.65. The Morgan fingerprint density at radius 2 is 1.83 bits per heavy atom. The number of hydrogen-bond donors (Lipinski definition) is 2. The zero-order valence-electron chi connectivity index (χ0n) is 11.7. The first kappa shape index (κ1) is 14.9. The summed E-state index contributed by atoms with van der Waals surface area (Å²) >= 11 is 4.93. The summed E-state index contributed by atoms with van der Waals surface area (Å²) in [7, 11) is 4.19. The number of nitrogens with one attached hydrogen (secondary N) is 1. The Morgan fingerprint density at radius 1 is 1.28 bits per heavy atom. The van der Waals surface area contributed by atoms with Crippen LogP contribution in [0.25, 0.3) is 0 Å². The van der Waals surface area contributed by atoms with Crippen LogP contribution in [0.4, 0.5) is 5.69 Å². The standard InChI is InChI=1S/C14H23N3S/c1-14(2,10-17(3)4)9-16-12-7-5-11(6-8-12)13(15)18/h5-8,16H,9-10H2,1-4H3,(H2,15,18). The molecule has 0 heterocycles. The van der Waals surface area contributed by atoms with Gasteiger partial charge < -0.3 is 16.0 Å². The van der Waals surface area contributed by atoms with Crippen LogP contribution < -0.4 is 11.1 Å². The second kappa shape index (κ2) is 6.16. The van der Waals surface area contributed by atoms with Crippen LogP contribution in [0.3, 0.4) is 0 Å². The summed E-state index contributed by atoms with van der Waals surface area (Å²) in [5.41, 5.74) is 7.80. The lowest BCUT2D eigenvalue weighted by Gasteiger charge is -2.28. The van der Waals surface area contributed by atoms with Crippen LogP contribution in [0.1, 0.15) is 19.4 Å². The second-order valence-electron chi connectivity index (χ2n) is 5.70. The SMILES string of the molecule is CN(C)CC(C)(C)CNc1ccc(C(N)=S)cc1. The first-order chi connectivity index (χ1) is 8.30. The molecule has 1 rings (SSSR count). The van der Waals surface area contributed by atoms with Gasteiger partial charge in [-0.25, -0.2) is 0 Å². The lowest BCUT2D eigenvalue weighted by atomic mass is 9.93. The average molecular weight is 265 g/mol. The number of anilines is 1. The van der Waals surface area contributed by atoms with Crippen molar-refractivity contribution in [3.8, 4) is 0 Å². The fraction of sp³-hybridized carbons (Fsp3) is 0.500. The molecular formula is C14H23N3S. The Hall–Kier alpha value is -1.13. The van der Waals surface area contributed by atoms with E-state index in [2.05, 4.69) is 38.2 Å². The lowest BCUT2D eigenvalue weighted by Crippen LogP contribution is -2.34. The van der Waals surface area contributed by atoms with Crippen molar-refractivity contribution >= 4 is 22.9 Å². The molecular weight excluding hydrogens is 242 g/mol. The predicted octanol–water partition coefficient (Wildman–Crippen LogP) is 2.32. The van der Waals surface area contributed by atoms with Crippen molar-refractivity contribution in [2.75, 3.05) is 32.5 Å². The van der Waals surface area contributed by atoms with Crippen LogP contribution in [0.5, 0.6) is 0 Å². The van der Waals surface area contributed by atoms with E-state index < -0.39 is 0 Å². The molecule has 0 aromatic heterocycles. The Bertz CT molecular complexity index is 396. The molecule has 0 aliphatic heterocycles. The second-order valence-corrected chi connectivity index (χ2v) is 6.14. The quantitative estimate of drug-likeness (QED) is 0.775. The minimum absolute atomic E-state index is 0.228. The normalized spacial score (nSPS) is 11.6. The van der Waals surface area contributed by atoms with Gasteiger partial charge in [-0.15, -0.1) is 0 Å². The molecule has 0 saturated heterocycles. The van der Waals surface area contributed by atoms with E-state index in [4.69, 9.17) is 18.0 Å². The van der Waals surface area contributed by atoms with Crippen LogP contribution in [0.15, 0.2) is 24.3 Å². The van der Waals surface area contributed by atoms with Crippen molar-refractivity contribution in [2.45, 2.75) is 13.8 Å². The van der Waals surface area contributed by atoms with Crippen molar-refractivity contribution in [2.24, 2.45) is 11.1 Å². The van der Waals surface area contributed by atoms with Crippen molar-refractivity contribution in [3.05, 3.63) is 29.8 Å². The monoisotopic (exact) mass is 265 g/mol. The molecule has 0 bridgehead atoms. The minimum Gasteiger partial charge on any atom is -0.389 e. The zero-order valence-corrected chi connectivity index (χ0v) is 12.5. The van der Waals surface area contributed by atoms with Gasteiger partial charge in [0.25, 0.3) is 0 Å². The Balaban J connectivity index is 2.55. The van der Waals surface area contributed by atoms with E-state index >= 15 is 0 Å². The molecule has 0 atom stereocenters. The molecule has 0 amide bonds. The van der Waals surface area contributed by atoms with Gasteiger partial charge in [0.1, 0.15) is 4.99 Å². The highest BCUT2D eigenvalue weighted by molar-refractivity contribution is 7.80. The molecule has 100 valence electrons. The zero-order chi connectivity index (χ0) is 13.8. The first-order valence-electron chi connectivity index (χ1n) is 6.09. The summed E-state index contributed by atoms with van der Waals surface area (Å²) in [6, 6.07) is 7.92. The molecule has 1 aromatic rings. The first-order valence-corrected chi connectivity index (χ1v) is 6.49. The Morgan fingerprint density at radius 3 is 2.28 bits per heavy atom. The molecule has 0 saturated carbocycles. The maximum Gasteiger partial charge on any atom is 0.103 e. The van der Waals surface area contributed by atoms with Crippen LogP contribution >= 0.6 is 12.2 Å². The number of rotatable bonds is 6. The average Bonchev–Trinajstić information content (AvgIpc) is 2.25. The molecule has 0 aliphatic rings. The van der Waals surface area contributed by atoms with E-state index in [0.29, 0.717) is 4.99 Å². The number of benzene rings is 1. The largest absolute Gasteiger partial charge is 0.389 e. The van der Waals surface area contributed by atoms with E-state index in [0.717, 1.165) is 24.3 Å². The van der Waals surface area contributed by atoms with E-state index in [1.807, 2.05) is 24.3 Å². The molecule has 1 aromatic carbocycles. The van der Waals surface area contributed by atoms with Crippen LogP contribution in [0.2, 0.25) is 0 Å². The highest BCUT2D eigenvalue weighted by Crippen LogP contribution is 2.18. The van der Waals surface area contributed by atoms with E-state index in [9.17, 15) is 0 Å².